The fraction of sp³-hybridized carbons (Fsp3) is 0.389. The summed E-state index contributed by atoms with van der Waals surface area (Å²) in [7, 11) is -0.993. The molecule has 0 saturated carbocycles. The second-order valence-corrected chi connectivity index (χ2v) is 8.36. The molecule has 3 rings (SSSR count). The van der Waals surface area contributed by atoms with Crippen LogP contribution >= 0.6 is 0 Å². The number of nitrogens with zero attached hydrogens (tertiary/aromatic N) is 2. The lowest BCUT2D eigenvalue weighted by Crippen LogP contribution is -2.29. The molecule has 1 aliphatic heterocycles. The van der Waals surface area contributed by atoms with E-state index in [4.69, 9.17) is 0 Å². The lowest BCUT2D eigenvalue weighted by Gasteiger charge is -2.29. The van der Waals surface area contributed by atoms with Crippen LogP contribution in [0.2, 0.25) is 0 Å². The summed E-state index contributed by atoms with van der Waals surface area (Å²) in [4.78, 5) is 7.16. The number of aromatic nitrogens is 1. The number of benzene rings is 1. The van der Waals surface area contributed by atoms with E-state index in [1.165, 1.54) is 24.7 Å². The first-order chi connectivity index (χ1) is 10.9. The van der Waals surface area contributed by atoms with E-state index in [9.17, 15) is 8.42 Å². The molecule has 0 bridgehead atoms. The van der Waals surface area contributed by atoms with Gasteiger partial charge in [-0.2, -0.15) is 0 Å². The molecule has 1 aromatic heterocycles. The standard InChI is InChI=1S/C18H22N2O2S/c1-20-11-8-14(9-12-20)16-7-10-19-18(13-16)15-3-5-17(6-4-15)23(2,21)22/h3-7,10,13-14H,8-9,11-12H2,1-2H3. The molecular weight excluding hydrogens is 308 g/mol. The molecule has 0 atom stereocenters. The monoisotopic (exact) mass is 330 g/mol. The van der Waals surface area contributed by atoms with Crippen molar-refractivity contribution < 1.29 is 8.42 Å². The first kappa shape index (κ1) is 16.1. The molecule has 0 radical (unpaired) electrons. The van der Waals surface area contributed by atoms with E-state index in [1.807, 2.05) is 18.3 Å². The first-order valence-corrected chi connectivity index (χ1v) is 9.77. The molecule has 0 amide bonds. The lowest BCUT2D eigenvalue weighted by molar-refractivity contribution is 0.255. The minimum atomic E-state index is -3.16. The Kier molecular flexibility index (Phi) is 4.50. The van der Waals surface area contributed by atoms with Gasteiger partial charge in [0, 0.05) is 18.0 Å². The minimum absolute atomic E-state index is 0.340. The Morgan fingerprint density at radius 1 is 1.09 bits per heavy atom. The molecule has 0 spiro atoms. The van der Waals surface area contributed by atoms with Crippen LogP contribution in [0.5, 0.6) is 0 Å². The molecule has 5 heteroatoms. The SMILES string of the molecule is CN1CCC(c2ccnc(-c3ccc(S(C)(=O)=O)cc3)c2)CC1. The van der Waals surface area contributed by atoms with Crippen molar-refractivity contribution in [1.29, 1.82) is 0 Å². The van der Waals surface area contributed by atoms with E-state index in [-0.39, 0.29) is 0 Å². The van der Waals surface area contributed by atoms with Gasteiger partial charge in [-0.1, -0.05) is 12.1 Å². The summed E-state index contributed by atoms with van der Waals surface area (Å²) in [6.07, 6.45) is 5.42. The smallest absolute Gasteiger partial charge is 0.175 e. The van der Waals surface area contributed by atoms with Crippen LogP contribution in [0.1, 0.15) is 24.3 Å². The maximum Gasteiger partial charge on any atom is 0.175 e. The van der Waals surface area contributed by atoms with Crippen LogP contribution in [0.3, 0.4) is 0 Å². The number of hydrogen-bond acceptors (Lipinski definition) is 4. The summed E-state index contributed by atoms with van der Waals surface area (Å²) in [6.45, 7) is 2.26. The number of likely N-dealkylation sites (tertiary alicyclic amines) is 1. The second kappa shape index (κ2) is 6.42. The van der Waals surface area contributed by atoms with Crippen molar-refractivity contribution in [2.75, 3.05) is 26.4 Å². The maximum atomic E-state index is 11.5. The van der Waals surface area contributed by atoms with Gasteiger partial charge in [-0.15, -0.1) is 0 Å². The third-order valence-corrected chi connectivity index (χ3v) is 5.68. The van der Waals surface area contributed by atoms with Crippen LogP contribution in [0.15, 0.2) is 47.5 Å². The number of hydrogen-bond donors (Lipinski definition) is 0. The Morgan fingerprint density at radius 2 is 1.74 bits per heavy atom. The van der Waals surface area contributed by atoms with Gasteiger partial charge < -0.3 is 4.90 Å². The van der Waals surface area contributed by atoms with Gasteiger partial charge >= 0.3 is 0 Å². The zero-order chi connectivity index (χ0) is 16.4. The highest BCUT2D eigenvalue weighted by atomic mass is 32.2. The molecule has 1 fully saturated rings. The third-order valence-electron chi connectivity index (χ3n) is 4.55. The molecule has 0 unspecified atom stereocenters. The normalized spacial score (nSPS) is 17.3. The van der Waals surface area contributed by atoms with Gasteiger partial charge in [-0.25, -0.2) is 8.42 Å². The molecule has 2 heterocycles. The molecule has 4 nitrogen and oxygen atoms in total. The van der Waals surface area contributed by atoms with Gasteiger partial charge in [0.15, 0.2) is 9.84 Å². The molecule has 1 saturated heterocycles. The van der Waals surface area contributed by atoms with Crippen molar-refractivity contribution in [2.45, 2.75) is 23.7 Å². The summed E-state index contributed by atoms with van der Waals surface area (Å²) in [5, 5.41) is 0. The number of sulfone groups is 1. The fourth-order valence-electron chi connectivity index (χ4n) is 3.07. The average molecular weight is 330 g/mol. The van der Waals surface area contributed by atoms with Crippen molar-refractivity contribution in [2.24, 2.45) is 0 Å². The van der Waals surface area contributed by atoms with Gasteiger partial charge in [-0.3, -0.25) is 4.98 Å². The lowest BCUT2D eigenvalue weighted by atomic mass is 9.89. The Bertz CT molecular complexity index is 777. The number of piperidine rings is 1. The van der Waals surface area contributed by atoms with E-state index in [0.717, 1.165) is 24.3 Å². The van der Waals surface area contributed by atoms with Crippen molar-refractivity contribution in [3.63, 3.8) is 0 Å². The summed E-state index contributed by atoms with van der Waals surface area (Å²) in [6, 6.07) is 11.2. The predicted octanol–water partition coefficient (Wildman–Crippen LogP) is 2.96. The van der Waals surface area contributed by atoms with E-state index in [2.05, 4.69) is 29.1 Å². The van der Waals surface area contributed by atoms with E-state index in [0.29, 0.717) is 10.8 Å². The van der Waals surface area contributed by atoms with Crippen LogP contribution in [0.25, 0.3) is 11.3 Å². The van der Waals surface area contributed by atoms with Crippen molar-refractivity contribution in [1.82, 2.24) is 9.88 Å². The van der Waals surface area contributed by atoms with E-state index in [1.54, 1.807) is 12.1 Å². The van der Waals surface area contributed by atoms with Gasteiger partial charge in [0.05, 0.1) is 10.6 Å². The Balaban J connectivity index is 1.85. The van der Waals surface area contributed by atoms with Crippen molar-refractivity contribution in [3.05, 3.63) is 48.2 Å². The number of rotatable bonds is 3. The quantitative estimate of drug-likeness (QED) is 0.868. The van der Waals surface area contributed by atoms with Crippen LogP contribution in [0.4, 0.5) is 0 Å². The summed E-state index contributed by atoms with van der Waals surface area (Å²) >= 11 is 0. The highest BCUT2D eigenvalue weighted by molar-refractivity contribution is 7.90. The number of pyridine rings is 1. The molecule has 122 valence electrons. The van der Waals surface area contributed by atoms with E-state index >= 15 is 0 Å². The van der Waals surface area contributed by atoms with Gasteiger partial charge in [0.25, 0.3) is 0 Å². The van der Waals surface area contributed by atoms with Gasteiger partial charge in [0.2, 0.25) is 0 Å². The summed E-state index contributed by atoms with van der Waals surface area (Å²) in [5.74, 6) is 0.586. The van der Waals surface area contributed by atoms with Crippen LogP contribution in [0, 0.1) is 0 Å². The average Bonchev–Trinajstić information content (AvgIpc) is 2.55. The maximum absolute atomic E-state index is 11.5. The van der Waals surface area contributed by atoms with Gasteiger partial charge in [-0.05, 0) is 68.7 Å². The van der Waals surface area contributed by atoms with Gasteiger partial charge in [0.1, 0.15) is 0 Å². The highest BCUT2D eigenvalue weighted by Gasteiger charge is 2.19. The Labute approximate surface area is 138 Å². The molecule has 1 aromatic carbocycles. The molecule has 1 aliphatic rings. The topological polar surface area (TPSA) is 50.3 Å². The molecule has 0 aliphatic carbocycles. The minimum Gasteiger partial charge on any atom is -0.306 e. The third kappa shape index (κ3) is 3.79. The fourth-order valence-corrected chi connectivity index (χ4v) is 3.70. The molecule has 23 heavy (non-hydrogen) atoms. The predicted molar refractivity (Wildman–Crippen MR) is 92.3 cm³/mol. The first-order valence-electron chi connectivity index (χ1n) is 7.88. The van der Waals surface area contributed by atoms with Crippen molar-refractivity contribution in [3.8, 4) is 11.3 Å². The molecule has 2 aromatic rings. The summed E-state index contributed by atoms with van der Waals surface area (Å²) in [5.41, 5.74) is 3.18. The second-order valence-electron chi connectivity index (χ2n) is 6.35. The zero-order valence-corrected chi connectivity index (χ0v) is 14.4. The van der Waals surface area contributed by atoms with Crippen molar-refractivity contribution >= 4 is 9.84 Å². The molecule has 0 N–H and O–H groups in total. The summed E-state index contributed by atoms with van der Waals surface area (Å²) < 4.78 is 23.1. The highest BCUT2D eigenvalue weighted by Crippen LogP contribution is 2.29. The van der Waals surface area contributed by atoms with Crippen LogP contribution in [-0.2, 0) is 9.84 Å². The van der Waals surface area contributed by atoms with Crippen LogP contribution in [-0.4, -0.2) is 44.7 Å². The zero-order valence-electron chi connectivity index (χ0n) is 13.6. The molecular formula is C18H22N2O2S. The Hall–Kier alpha value is -1.72. The Morgan fingerprint density at radius 3 is 2.35 bits per heavy atom. The van der Waals surface area contributed by atoms with E-state index < -0.39 is 9.84 Å². The van der Waals surface area contributed by atoms with Crippen LogP contribution < -0.4 is 0 Å². The largest absolute Gasteiger partial charge is 0.306 e.